The number of carbonyl (C=O) groups is 1. The van der Waals surface area contributed by atoms with Gasteiger partial charge in [0.1, 0.15) is 0 Å². The normalized spacial score (nSPS) is 20.2. The maximum atomic E-state index is 12.9. The number of nitrogens with zero attached hydrogens (tertiary/aromatic N) is 4. The van der Waals surface area contributed by atoms with Gasteiger partial charge < -0.3 is 14.0 Å². The van der Waals surface area contributed by atoms with Crippen LogP contribution in [0.1, 0.15) is 24.5 Å². The molecule has 2 aliphatic heterocycles. The lowest BCUT2D eigenvalue weighted by Gasteiger charge is -2.42. The van der Waals surface area contributed by atoms with E-state index < -0.39 is 10.5 Å². The molecule has 2 aliphatic rings. The SMILES string of the molecule is O=C(CCn1ccc2ccccc21)N1C[C@H]2C[C@@H](C1)c1ccc([N+](=O)[O-])c(=O)n1C2. The molecule has 2 atom stereocenters. The molecule has 1 aromatic carbocycles. The zero-order chi connectivity index (χ0) is 20.8. The molecule has 1 amide bonds. The number of carbonyl (C=O) groups excluding carboxylic acids is 1. The number of aromatic nitrogens is 2. The summed E-state index contributed by atoms with van der Waals surface area (Å²) in [6.45, 7) is 2.20. The molecule has 5 rings (SSSR count). The molecule has 0 N–H and O–H groups in total. The van der Waals surface area contributed by atoms with Gasteiger partial charge in [-0.05, 0) is 35.9 Å². The van der Waals surface area contributed by atoms with Crippen LogP contribution in [0.3, 0.4) is 0 Å². The van der Waals surface area contributed by atoms with Gasteiger partial charge in [-0.15, -0.1) is 0 Å². The Kier molecular flexibility index (Phi) is 4.42. The van der Waals surface area contributed by atoms with Gasteiger partial charge in [0.05, 0.1) is 4.92 Å². The third-order valence-electron chi connectivity index (χ3n) is 6.38. The number of pyridine rings is 1. The van der Waals surface area contributed by atoms with E-state index in [1.807, 2.05) is 23.2 Å². The zero-order valence-corrected chi connectivity index (χ0v) is 16.4. The largest absolute Gasteiger partial charge is 0.347 e. The van der Waals surface area contributed by atoms with E-state index in [9.17, 15) is 19.7 Å². The van der Waals surface area contributed by atoms with Crippen molar-refractivity contribution in [3.8, 4) is 0 Å². The Labute approximate surface area is 172 Å². The lowest BCUT2D eigenvalue weighted by molar-refractivity contribution is -0.386. The van der Waals surface area contributed by atoms with Crippen LogP contribution in [0.5, 0.6) is 0 Å². The van der Waals surface area contributed by atoms with Gasteiger partial charge in [0.2, 0.25) is 5.91 Å². The van der Waals surface area contributed by atoms with Crippen LogP contribution in [-0.4, -0.2) is 38.0 Å². The zero-order valence-electron chi connectivity index (χ0n) is 16.4. The first kappa shape index (κ1) is 18.6. The van der Waals surface area contributed by atoms with Crippen LogP contribution in [0.25, 0.3) is 10.9 Å². The third kappa shape index (κ3) is 3.08. The number of piperidine rings is 1. The molecule has 0 unspecified atom stereocenters. The smallest absolute Gasteiger partial charge is 0.334 e. The number of aryl methyl sites for hydroxylation is 1. The predicted octanol–water partition coefficient (Wildman–Crippen LogP) is 2.75. The number of rotatable bonds is 4. The highest BCUT2D eigenvalue weighted by atomic mass is 16.6. The lowest BCUT2D eigenvalue weighted by Crippen LogP contribution is -2.49. The molecule has 8 heteroatoms. The molecule has 0 spiro atoms. The summed E-state index contributed by atoms with van der Waals surface area (Å²) in [5.41, 5.74) is 1.00. The molecule has 30 heavy (non-hydrogen) atoms. The second-order valence-corrected chi connectivity index (χ2v) is 8.23. The van der Waals surface area contributed by atoms with E-state index in [-0.39, 0.29) is 23.4 Å². The van der Waals surface area contributed by atoms with Gasteiger partial charge in [-0.1, -0.05) is 18.2 Å². The van der Waals surface area contributed by atoms with Crippen LogP contribution in [0.15, 0.2) is 53.5 Å². The molecule has 0 radical (unpaired) electrons. The van der Waals surface area contributed by atoms with Crippen LogP contribution in [-0.2, 0) is 17.9 Å². The van der Waals surface area contributed by atoms with Crippen molar-refractivity contribution in [1.82, 2.24) is 14.0 Å². The van der Waals surface area contributed by atoms with E-state index in [0.29, 0.717) is 32.6 Å². The summed E-state index contributed by atoms with van der Waals surface area (Å²) in [7, 11) is 0. The topological polar surface area (TPSA) is 90.4 Å². The third-order valence-corrected chi connectivity index (χ3v) is 6.38. The van der Waals surface area contributed by atoms with E-state index in [1.54, 1.807) is 10.6 Å². The van der Waals surface area contributed by atoms with Gasteiger partial charge in [0.25, 0.3) is 0 Å². The van der Waals surface area contributed by atoms with Crippen molar-refractivity contribution in [2.45, 2.75) is 31.8 Å². The van der Waals surface area contributed by atoms with Crippen LogP contribution >= 0.6 is 0 Å². The summed E-state index contributed by atoms with van der Waals surface area (Å²) in [4.78, 5) is 37.8. The molecular formula is C22H22N4O4. The van der Waals surface area contributed by atoms with Crippen LogP contribution < -0.4 is 5.56 Å². The maximum Gasteiger partial charge on any atom is 0.334 e. The summed E-state index contributed by atoms with van der Waals surface area (Å²) in [6, 6.07) is 13.1. The second kappa shape index (κ2) is 7.12. The van der Waals surface area contributed by atoms with Crippen LogP contribution in [0.4, 0.5) is 5.69 Å². The minimum atomic E-state index is -0.624. The Bertz CT molecular complexity index is 1210. The molecule has 0 aliphatic carbocycles. The molecule has 0 saturated carbocycles. The predicted molar refractivity (Wildman–Crippen MR) is 111 cm³/mol. The van der Waals surface area contributed by atoms with Crippen molar-refractivity contribution in [3.05, 3.63) is 74.8 Å². The average molecular weight is 406 g/mol. The fourth-order valence-corrected chi connectivity index (χ4v) is 4.99. The fraction of sp³-hybridized carbons (Fsp3) is 0.364. The summed E-state index contributed by atoms with van der Waals surface area (Å²) >= 11 is 0. The minimum Gasteiger partial charge on any atom is -0.347 e. The average Bonchev–Trinajstić information content (AvgIpc) is 3.15. The maximum absolute atomic E-state index is 12.9. The number of amides is 1. The first-order valence-corrected chi connectivity index (χ1v) is 10.2. The Morgan fingerprint density at radius 2 is 1.93 bits per heavy atom. The molecule has 154 valence electrons. The van der Waals surface area contributed by atoms with Gasteiger partial charge in [-0.25, -0.2) is 0 Å². The number of fused-ring (bicyclic) bond motifs is 5. The highest BCUT2D eigenvalue weighted by molar-refractivity contribution is 5.80. The van der Waals surface area contributed by atoms with E-state index >= 15 is 0 Å². The number of para-hydroxylation sites is 1. The Hall–Kier alpha value is -3.42. The molecule has 3 aromatic rings. The van der Waals surface area contributed by atoms with Gasteiger partial charge >= 0.3 is 11.2 Å². The van der Waals surface area contributed by atoms with Gasteiger partial charge in [0.15, 0.2) is 0 Å². The number of hydrogen-bond acceptors (Lipinski definition) is 4. The summed E-state index contributed by atoms with van der Waals surface area (Å²) < 4.78 is 3.65. The number of likely N-dealkylation sites (tertiary alicyclic amines) is 1. The number of benzene rings is 1. The Balaban J connectivity index is 1.31. The molecular weight excluding hydrogens is 384 g/mol. The van der Waals surface area contributed by atoms with Gasteiger partial charge in [0, 0.05) is 62.0 Å². The highest BCUT2D eigenvalue weighted by Gasteiger charge is 2.37. The first-order valence-electron chi connectivity index (χ1n) is 10.2. The monoisotopic (exact) mass is 406 g/mol. The summed E-state index contributed by atoms with van der Waals surface area (Å²) in [5.74, 6) is 0.301. The highest BCUT2D eigenvalue weighted by Crippen LogP contribution is 2.35. The van der Waals surface area contributed by atoms with Crippen LogP contribution in [0, 0.1) is 16.0 Å². The van der Waals surface area contributed by atoms with E-state index in [0.717, 1.165) is 23.0 Å². The molecule has 8 nitrogen and oxygen atoms in total. The van der Waals surface area contributed by atoms with Crippen molar-refractivity contribution >= 4 is 22.5 Å². The van der Waals surface area contributed by atoms with Gasteiger partial charge in [-0.2, -0.15) is 0 Å². The lowest BCUT2D eigenvalue weighted by atomic mass is 9.83. The van der Waals surface area contributed by atoms with E-state index in [2.05, 4.69) is 22.8 Å². The number of nitro groups is 1. The molecule has 2 bridgehead atoms. The Morgan fingerprint density at radius 3 is 2.77 bits per heavy atom. The van der Waals surface area contributed by atoms with E-state index in [4.69, 9.17) is 0 Å². The quantitative estimate of drug-likeness (QED) is 0.492. The summed E-state index contributed by atoms with van der Waals surface area (Å²) in [6.07, 6.45) is 3.34. The van der Waals surface area contributed by atoms with Crippen molar-refractivity contribution in [2.75, 3.05) is 13.1 Å². The first-order chi connectivity index (χ1) is 14.5. The number of hydrogen-bond donors (Lipinski definition) is 0. The van der Waals surface area contributed by atoms with Gasteiger partial charge in [-0.3, -0.25) is 19.7 Å². The molecule has 2 aromatic heterocycles. The molecule has 1 saturated heterocycles. The minimum absolute atomic E-state index is 0.0439. The fourth-order valence-electron chi connectivity index (χ4n) is 4.99. The van der Waals surface area contributed by atoms with E-state index in [1.165, 1.54) is 6.07 Å². The second-order valence-electron chi connectivity index (χ2n) is 8.23. The van der Waals surface area contributed by atoms with Crippen molar-refractivity contribution < 1.29 is 9.72 Å². The van der Waals surface area contributed by atoms with Crippen LogP contribution in [0.2, 0.25) is 0 Å². The molecule has 4 heterocycles. The molecule has 1 fully saturated rings. The Morgan fingerprint density at radius 1 is 1.10 bits per heavy atom. The standard InChI is InChI=1S/C22H22N4O4/c27-21(8-10-23-9-7-16-3-1-2-4-18(16)23)24-12-15-11-17(14-24)19-5-6-20(26(29)30)22(28)25(19)13-15/h1-7,9,15,17H,8,10-14H2/t15-,17+/m1/s1. The van der Waals surface area contributed by atoms with Crippen molar-refractivity contribution in [3.63, 3.8) is 0 Å². The van der Waals surface area contributed by atoms with Crippen molar-refractivity contribution in [2.24, 2.45) is 5.92 Å². The van der Waals surface area contributed by atoms with Crippen molar-refractivity contribution in [1.29, 1.82) is 0 Å². The summed E-state index contributed by atoms with van der Waals surface area (Å²) in [5, 5.41) is 12.2.